The molecule has 112 valence electrons. The fourth-order valence-corrected chi connectivity index (χ4v) is 2.85. The molecule has 1 aliphatic rings. The van der Waals surface area contributed by atoms with Gasteiger partial charge in [-0.25, -0.2) is 0 Å². The molecule has 0 saturated heterocycles. The van der Waals surface area contributed by atoms with Crippen LogP contribution < -0.4 is 10.1 Å². The van der Waals surface area contributed by atoms with Crippen LogP contribution in [0.15, 0.2) is 24.3 Å². The number of ether oxygens (including phenoxy) is 1. The van der Waals surface area contributed by atoms with Crippen molar-refractivity contribution in [1.82, 2.24) is 5.32 Å². The van der Waals surface area contributed by atoms with Gasteiger partial charge in [-0.2, -0.15) is 0 Å². The number of hydrogen-bond acceptors (Lipinski definition) is 3. The average Bonchev–Trinajstić information content (AvgIpc) is 2.37. The Bertz CT molecular complexity index is 425. The smallest absolute Gasteiger partial charge is 0.122 e. The Kier molecular flexibility index (Phi) is 5.06. The third-order valence-electron chi connectivity index (χ3n) is 4.37. The van der Waals surface area contributed by atoms with Crippen LogP contribution in [0.4, 0.5) is 0 Å². The second-order valence-corrected chi connectivity index (χ2v) is 6.63. The lowest BCUT2D eigenvalue weighted by atomic mass is 9.75. The molecule has 0 heterocycles. The number of hydrogen-bond donors (Lipinski definition) is 2. The summed E-state index contributed by atoms with van der Waals surface area (Å²) >= 11 is 0. The summed E-state index contributed by atoms with van der Waals surface area (Å²) in [7, 11) is 1.74. The van der Waals surface area contributed by atoms with E-state index in [4.69, 9.17) is 9.84 Å². The molecule has 0 spiro atoms. The molecule has 3 nitrogen and oxygen atoms in total. The molecule has 0 radical (unpaired) electrons. The lowest BCUT2D eigenvalue weighted by Crippen LogP contribution is -2.44. The lowest BCUT2D eigenvalue weighted by Gasteiger charge is -2.39. The molecule has 1 aliphatic carbocycles. The number of para-hydroxylation sites is 1. The van der Waals surface area contributed by atoms with Gasteiger partial charge in [0, 0.05) is 19.2 Å². The quantitative estimate of drug-likeness (QED) is 0.805. The maximum absolute atomic E-state index is 9.05. The highest BCUT2D eigenvalue weighted by molar-refractivity contribution is 5.37. The van der Waals surface area contributed by atoms with Gasteiger partial charge in [0.05, 0.1) is 7.11 Å². The zero-order valence-electron chi connectivity index (χ0n) is 12.9. The summed E-state index contributed by atoms with van der Waals surface area (Å²) in [5.41, 5.74) is 1.51. The number of methoxy groups -OCH3 is 1. The Hall–Kier alpha value is -1.06. The largest absolute Gasteiger partial charge is 0.496 e. The summed E-state index contributed by atoms with van der Waals surface area (Å²) in [4.78, 5) is 0. The molecular weight excluding hydrogens is 250 g/mol. The van der Waals surface area contributed by atoms with Crippen LogP contribution in [0.2, 0.25) is 0 Å². The summed E-state index contributed by atoms with van der Waals surface area (Å²) in [6.45, 7) is 5.64. The predicted molar refractivity (Wildman–Crippen MR) is 82.2 cm³/mol. The van der Waals surface area contributed by atoms with Crippen molar-refractivity contribution in [3.63, 3.8) is 0 Å². The Morgan fingerprint density at radius 2 is 2.00 bits per heavy atom. The van der Waals surface area contributed by atoms with Crippen LogP contribution in [0, 0.1) is 5.41 Å². The normalized spacial score (nSPS) is 22.4. The number of nitrogens with one attached hydrogen (secondary N) is 1. The van der Waals surface area contributed by atoms with Crippen LogP contribution in [0.1, 0.15) is 44.6 Å². The van der Waals surface area contributed by atoms with Gasteiger partial charge in [0.15, 0.2) is 0 Å². The first-order valence-electron chi connectivity index (χ1n) is 7.53. The molecule has 0 amide bonds. The Morgan fingerprint density at radius 3 is 2.65 bits per heavy atom. The van der Waals surface area contributed by atoms with Crippen molar-refractivity contribution >= 4 is 0 Å². The van der Waals surface area contributed by atoms with E-state index in [2.05, 4.69) is 31.3 Å². The van der Waals surface area contributed by atoms with E-state index in [9.17, 15) is 0 Å². The Balaban J connectivity index is 1.80. The van der Waals surface area contributed by atoms with Crippen molar-refractivity contribution in [2.75, 3.05) is 20.3 Å². The monoisotopic (exact) mass is 277 g/mol. The zero-order valence-corrected chi connectivity index (χ0v) is 12.9. The molecule has 3 heteroatoms. The van der Waals surface area contributed by atoms with E-state index in [1.165, 1.54) is 18.4 Å². The molecule has 1 aromatic carbocycles. The van der Waals surface area contributed by atoms with E-state index >= 15 is 0 Å². The predicted octanol–water partition coefficient (Wildman–Crippen LogP) is 2.94. The van der Waals surface area contributed by atoms with Crippen LogP contribution >= 0.6 is 0 Å². The molecule has 1 aromatic rings. The average molecular weight is 277 g/mol. The van der Waals surface area contributed by atoms with Crippen LogP contribution in [-0.2, 0) is 0 Å². The van der Waals surface area contributed by atoms with Gasteiger partial charge in [-0.05, 0) is 42.2 Å². The minimum atomic E-state index is 0.171. The highest BCUT2D eigenvalue weighted by Gasteiger charge is 2.32. The molecule has 1 saturated carbocycles. The van der Waals surface area contributed by atoms with Crippen LogP contribution in [0.5, 0.6) is 5.75 Å². The second-order valence-electron chi connectivity index (χ2n) is 6.63. The minimum absolute atomic E-state index is 0.171. The number of benzene rings is 1. The van der Waals surface area contributed by atoms with E-state index < -0.39 is 0 Å². The first-order chi connectivity index (χ1) is 9.55. The molecule has 1 fully saturated rings. The third kappa shape index (κ3) is 3.74. The van der Waals surface area contributed by atoms with Gasteiger partial charge in [-0.3, -0.25) is 0 Å². The van der Waals surface area contributed by atoms with Crippen molar-refractivity contribution in [1.29, 1.82) is 0 Å². The van der Waals surface area contributed by atoms with Crippen molar-refractivity contribution in [2.45, 2.75) is 45.1 Å². The first kappa shape index (κ1) is 15.3. The van der Waals surface area contributed by atoms with Crippen LogP contribution in [0.25, 0.3) is 0 Å². The number of rotatable bonds is 7. The summed E-state index contributed by atoms with van der Waals surface area (Å²) < 4.78 is 5.44. The molecule has 2 rings (SSSR count). The number of aliphatic hydroxyl groups excluding tert-OH is 1. The highest BCUT2D eigenvalue weighted by atomic mass is 16.5. The van der Waals surface area contributed by atoms with E-state index in [-0.39, 0.29) is 12.0 Å². The van der Waals surface area contributed by atoms with Crippen molar-refractivity contribution in [3.8, 4) is 5.75 Å². The van der Waals surface area contributed by atoms with E-state index in [1.54, 1.807) is 7.11 Å². The molecule has 0 bridgehead atoms. The van der Waals surface area contributed by atoms with E-state index in [0.717, 1.165) is 18.7 Å². The van der Waals surface area contributed by atoms with Gasteiger partial charge in [-0.15, -0.1) is 0 Å². The topological polar surface area (TPSA) is 41.5 Å². The maximum atomic E-state index is 9.05. The molecular formula is C17H27NO2. The van der Waals surface area contributed by atoms with Gasteiger partial charge in [-0.1, -0.05) is 32.0 Å². The second kappa shape index (κ2) is 6.59. The molecule has 20 heavy (non-hydrogen) atoms. The summed E-state index contributed by atoms with van der Waals surface area (Å²) in [6.07, 6.45) is 3.20. The maximum Gasteiger partial charge on any atom is 0.122 e. The van der Waals surface area contributed by atoms with Gasteiger partial charge < -0.3 is 15.2 Å². The van der Waals surface area contributed by atoms with Gasteiger partial charge >= 0.3 is 0 Å². The molecule has 0 unspecified atom stereocenters. The van der Waals surface area contributed by atoms with E-state index in [1.807, 2.05) is 12.1 Å². The zero-order chi connectivity index (χ0) is 14.6. The molecule has 0 atom stereocenters. The number of aliphatic hydroxyl groups is 1. The minimum Gasteiger partial charge on any atom is -0.496 e. The summed E-state index contributed by atoms with van der Waals surface area (Å²) in [5, 5.41) is 12.7. The van der Waals surface area contributed by atoms with Crippen LogP contribution in [0.3, 0.4) is 0 Å². The fraction of sp³-hybridized carbons (Fsp3) is 0.647. The molecule has 0 aromatic heterocycles. The van der Waals surface area contributed by atoms with Gasteiger partial charge in [0.2, 0.25) is 0 Å². The van der Waals surface area contributed by atoms with Crippen molar-refractivity contribution in [3.05, 3.63) is 29.8 Å². The SMILES string of the molecule is COc1ccccc1C1CC(NCC(C)(C)CCO)C1. The van der Waals surface area contributed by atoms with Gasteiger partial charge in [0.25, 0.3) is 0 Å². The molecule has 2 N–H and O–H groups in total. The Labute approximate surface area is 122 Å². The van der Waals surface area contributed by atoms with Crippen molar-refractivity contribution in [2.24, 2.45) is 5.41 Å². The fourth-order valence-electron chi connectivity index (χ4n) is 2.85. The lowest BCUT2D eigenvalue weighted by molar-refractivity contribution is 0.187. The highest BCUT2D eigenvalue weighted by Crippen LogP contribution is 2.41. The third-order valence-corrected chi connectivity index (χ3v) is 4.37. The summed E-state index contributed by atoms with van der Waals surface area (Å²) in [5.74, 6) is 1.63. The standard InChI is InChI=1S/C17H27NO2/c1-17(2,8-9-19)12-18-14-10-13(11-14)15-6-4-5-7-16(15)20-3/h4-7,13-14,18-19H,8-12H2,1-3H3. The van der Waals surface area contributed by atoms with Crippen molar-refractivity contribution < 1.29 is 9.84 Å². The van der Waals surface area contributed by atoms with Gasteiger partial charge in [0.1, 0.15) is 5.75 Å². The summed E-state index contributed by atoms with van der Waals surface area (Å²) in [6, 6.07) is 8.93. The molecule has 0 aliphatic heterocycles. The first-order valence-corrected chi connectivity index (χ1v) is 7.53. The van der Waals surface area contributed by atoms with Crippen LogP contribution in [-0.4, -0.2) is 31.4 Å². The Morgan fingerprint density at radius 1 is 1.30 bits per heavy atom. The van der Waals surface area contributed by atoms with E-state index in [0.29, 0.717) is 12.0 Å².